The van der Waals surface area contributed by atoms with Gasteiger partial charge in [0.1, 0.15) is 0 Å². The van der Waals surface area contributed by atoms with E-state index in [0.29, 0.717) is 13.2 Å². The van der Waals surface area contributed by atoms with Crippen molar-refractivity contribution in [3.8, 4) is 0 Å². The van der Waals surface area contributed by atoms with Crippen LogP contribution in [0.3, 0.4) is 0 Å². The fourth-order valence-corrected chi connectivity index (χ4v) is 2.80. The molecule has 3 nitrogen and oxygen atoms in total. The number of carbonyl (C=O) groups is 1. The van der Waals surface area contributed by atoms with Crippen LogP contribution in [0.4, 0.5) is 0 Å². The maximum atomic E-state index is 12.5. The zero-order valence-corrected chi connectivity index (χ0v) is 12.9. The highest BCUT2D eigenvalue weighted by Crippen LogP contribution is 2.18. The molecule has 22 heavy (non-hydrogen) atoms. The van der Waals surface area contributed by atoms with Crippen molar-refractivity contribution in [3.05, 3.63) is 71.3 Å². The summed E-state index contributed by atoms with van der Waals surface area (Å²) >= 11 is 0. The number of amides is 1. The molecule has 0 radical (unpaired) electrons. The number of hydrogen-bond acceptors (Lipinski definition) is 2. The van der Waals surface area contributed by atoms with E-state index >= 15 is 0 Å². The number of rotatable bonds is 4. The van der Waals surface area contributed by atoms with Gasteiger partial charge >= 0.3 is 0 Å². The van der Waals surface area contributed by atoms with Crippen LogP contribution in [0.15, 0.2) is 54.6 Å². The SMILES string of the molecule is Cc1cccc(C(=O)N2CCC(OCc3ccccc3)C2)c1. The molecule has 1 amide bonds. The van der Waals surface area contributed by atoms with Gasteiger partial charge in [0.05, 0.1) is 12.7 Å². The van der Waals surface area contributed by atoms with Gasteiger partial charge in [-0.2, -0.15) is 0 Å². The predicted molar refractivity (Wildman–Crippen MR) is 86.7 cm³/mol. The fraction of sp³-hybridized carbons (Fsp3) is 0.316. The van der Waals surface area contributed by atoms with E-state index in [2.05, 4.69) is 12.1 Å². The van der Waals surface area contributed by atoms with Crippen LogP contribution in [0.25, 0.3) is 0 Å². The van der Waals surface area contributed by atoms with E-state index in [1.807, 2.05) is 54.3 Å². The van der Waals surface area contributed by atoms with Crippen molar-refractivity contribution in [2.45, 2.75) is 26.1 Å². The van der Waals surface area contributed by atoms with E-state index < -0.39 is 0 Å². The number of hydrogen-bond donors (Lipinski definition) is 0. The van der Waals surface area contributed by atoms with Crippen molar-refractivity contribution in [2.24, 2.45) is 0 Å². The first-order valence-electron chi connectivity index (χ1n) is 7.74. The quantitative estimate of drug-likeness (QED) is 0.865. The molecule has 0 aliphatic carbocycles. The summed E-state index contributed by atoms with van der Waals surface area (Å²) in [6.45, 7) is 4.07. The van der Waals surface area contributed by atoms with Gasteiger partial charge in [0.25, 0.3) is 5.91 Å². The maximum Gasteiger partial charge on any atom is 0.253 e. The molecule has 0 N–H and O–H groups in total. The standard InChI is InChI=1S/C19H21NO2/c1-15-6-5-9-17(12-15)19(21)20-11-10-18(13-20)22-14-16-7-3-2-4-8-16/h2-9,12,18H,10-11,13-14H2,1H3. The Kier molecular flexibility index (Phi) is 4.54. The monoisotopic (exact) mass is 295 g/mol. The summed E-state index contributed by atoms with van der Waals surface area (Å²) < 4.78 is 5.94. The summed E-state index contributed by atoms with van der Waals surface area (Å²) in [5.74, 6) is 0.106. The summed E-state index contributed by atoms with van der Waals surface area (Å²) in [6.07, 6.45) is 1.04. The van der Waals surface area contributed by atoms with E-state index in [4.69, 9.17) is 4.74 Å². The first-order chi connectivity index (χ1) is 10.7. The van der Waals surface area contributed by atoms with Crippen LogP contribution in [0.2, 0.25) is 0 Å². The normalized spacial score (nSPS) is 17.7. The number of benzene rings is 2. The lowest BCUT2D eigenvalue weighted by Gasteiger charge is -2.17. The molecule has 1 heterocycles. The number of carbonyl (C=O) groups excluding carboxylic acids is 1. The van der Waals surface area contributed by atoms with Crippen molar-refractivity contribution in [3.63, 3.8) is 0 Å². The molecular formula is C19H21NO2. The third-order valence-electron chi connectivity index (χ3n) is 4.03. The first kappa shape index (κ1) is 14.8. The van der Waals surface area contributed by atoms with Crippen molar-refractivity contribution in [1.29, 1.82) is 0 Å². The van der Waals surface area contributed by atoms with E-state index in [9.17, 15) is 4.79 Å². The van der Waals surface area contributed by atoms with Gasteiger partial charge in [-0.3, -0.25) is 4.79 Å². The van der Waals surface area contributed by atoms with E-state index in [1.54, 1.807) is 0 Å². The van der Waals surface area contributed by atoms with Gasteiger partial charge in [-0.1, -0.05) is 48.0 Å². The highest BCUT2D eigenvalue weighted by Gasteiger charge is 2.27. The highest BCUT2D eigenvalue weighted by molar-refractivity contribution is 5.94. The molecule has 1 saturated heterocycles. The minimum absolute atomic E-state index is 0.106. The summed E-state index contributed by atoms with van der Waals surface area (Å²) in [7, 11) is 0. The van der Waals surface area contributed by atoms with Gasteiger partial charge in [-0.05, 0) is 31.0 Å². The highest BCUT2D eigenvalue weighted by atomic mass is 16.5. The Morgan fingerprint density at radius 2 is 2.00 bits per heavy atom. The van der Waals surface area contributed by atoms with E-state index in [-0.39, 0.29) is 12.0 Å². The lowest BCUT2D eigenvalue weighted by atomic mass is 10.1. The Labute approximate surface area is 131 Å². The molecule has 0 spiro atoms. The molecule has 2 aromatic carbocycles. The van der Waals surface area contributed by atoms with Gasteiger partial charge in [0.2, 0.25) is 0 Å². The lowest BCUT2D eigenvalue weighted by molar-refractivity contribution is 0.0437. The summed E-state index contributed by atoms with van der Waals surface area (Å²) in [5, 5.41) is 0. The van der Waals surface area contributed by atoms with Gasteiger partial charge in [0.15, 0.2) is 0 Å². The first-order valence-corrected chi connectivity index (χ1v) is 7.74. The summed E-state index contributed by atoms with van der Waals surface area (Å²) in [5.41, 5.74) is 3.05. The van der Waals surface area contributed by atoms with Gasteiger partial charge in [-0.15, -0.1) is 0 Å². The van der Waals surface area contributed by atoms with Crippen LogP contribution in [0, 0.1) is 6.92 Å². The minimum Gasteiger partial charge on any atom is -0.372 e. The van der Waals surface area contributed by atoms with Crippen LogP contribution in [-0.4, -0.2) is 30.0 Å². The molecule has 1 atom stereocenters. The Hall–Kier alpha value is -2.13. The second-order valence-electron chi connectivity index (χ2n) is 5.83. The minimum atomic E-state index is 0.106. The van der Waals surface area contributed by atoms with Crippen LogP contribution >= 0.6 is 0 Å². The van der Waals surface area contributed by atoms with Crippen molar-refractivity contribution in [2.75, 3.05) is 13.1 Å². The van der Waals surface area contributed by atoms with Gasteiger partial charge < -0.3 is 9.64 Å². The summed E-state index contributed by atoms with van der Waals surface area (Å²) in [4.78, 5) is 14.4. The third-order valence-corrected chi connectivity index (χ3v) is 4.03. The molecule has 1 aliphatic heterocycles. The second-order valence-corrected chi connectivity index (χ2v) is 5.83. The Balaban J connectivity index is 1.55. The number of nitrogens with zero attached hydrogens (tertiary/aromatic N) is 1. The van der Waals surface area contributed by atoms with Crippen LogP contribution in [-0.2, 0) is 11.3 Å². The molecule has 0 aromatic heterocycles. The lowest BCUT2D eigenvalue weighted by Crippen LogP contribution is -2.30. The van der Waals surface area contributed by atoms with Crippen LogP contribution in [0.5, 0.6) is 0 Å². The van der Waals surface area contributed by atoms with Crippen molar-refractivity contribution in [1.82, 2.24) is 4.90 Å². The third kappa shape index (κ3) is 3.55. The average molecular weight is 295 g/mol. The van der Waals surface area contributed by atoms with E-state index in [1.165, 1.54) is 5.56 Å². The van der Waals surface area contributed by atoms with E-state index in [0.717, 1.165) is 24.1 Å². The molecule has 0 saturated carbocycles. The molecule has 1 aliphatic rings. The molecule has 2 aromatic rings. The number of ether oxygens (including phenoxy) is 1. The molecule has 114 valence electrons. The fourth-order valence-electron chi connectivity index (χ4n) is 2.80. The Bertz CT molecular complexity index is 639. The van der Waals surface area contributed by atoms with Crippen molar-refractivity contribution < 1.29 is 9.53 Å². The zero-order valence-electron chi connectivity index (χ0n) is 12.9. The Morgan fingerprint density at radius 1 is 1.18 bits per heavy atom. The number of likely N-dealkylation sites (tertiary alicyclic amines) is 1. The van der Waals surface area contributed by atoms with Gasteiger partial charge in [0, 0.05) is 18.7 Å². The molecule has 3 heteroatoms. The zero-order chi connectivity index (χ0) is 15.4. The van der Waals surface area contributed by atoms with Crippen molar-refractivity contribution >= 4 is 5.91 Å². The molecule has 1 unspecified atom stereocenters. The maximum absolute atomic E-state index is 12.5. The summed E-state index contributed by atoms with van der Waals surface area (Å²) in [6, 6.07) is 17.9. The smallest absolute Gasteiger partial charge is 0.253 e. The molecule has 1 fully saturated rings. The largest absolute Gasteiger partial charge is 0.372 e. The van der Waals surface area contributed by atoms with Crippen LogP contribution < -0.4 is 0 Å². The van der Waals surface area contributed by atoms with Crippen LogP contribution in [0.1, 0.15) is 27.9 Å². The predicted octanol–water partition coefficient (Wildman–Crippen LogP) is 3.43. The molecule has 0 bridgehead atoms. The molecular weight excluding hydrogens is 274 g/mol. The number of aryl methyl sites for hydroxylation is 1. The molecule has 3 rings (SSSR count). The van der Waals surface area contributed by atoms with Gasteiger partial charge in [-0.25, -0.2) is 0 Å². The Morgan fingerprint density at radius 3 is 2.77 bits per heavy atom. The topological polar surface area (TPSA) is 29.5 Å². The second kappa shape index (κ2) is 6.75. The average Bonchev–Trinajstić information content (AvgIpc) is 3.02.